The van der Waals surface area contributed by atoms with Crippen molar-refractivity contribution in [2.24, 2.45) is 0 Å². The lowest BCUT2D eigenvalue weighted by molar-refractivity contribution is -0.112. The fraction of sp³-hybridized carbons (Fsp3) is 0.250. The zero-order chi connectivity index (χ0) is 26.1. The van der Waals surface area contributed by atoms with Gasteiger partial charge in [-0.1, -0.05) is 42.5 Å². The Morgan fingerprint density at radius 3 is 2.50 bits per heavy atom. The third-order valence-corrected chi connectivity index (χ3v) is 7.85. The summed E-state index contributed by atoms with van der Waals surface area (Å²) in [6.07, 6.45) is 1.37. The van der Waals surface area contributed by atoms with Gasteiger partial charge in [0.2, 0.25) is 19.3 Å². The average Bonchev–Trinajstić information content (AvgIpc) is 3.35. The molecule has 0 saturated heterocycles. The van der Waals surface area contributed by atoms with Crippen LogP contribution in [0.1, 0.15) is 18.1 Å². The van der Waals surface area contributed by atoms with Crippen LogP contribution in [0.5, 0.6) is 17.2 Å². The normalized spacial score (nSPS) is 11.4. The Bertz CT molecular complexity index is 1410. The number of aromatic nitrogens is 2. The number of sulfone groups is 1. The Morgan fingerprint density at radius 1 is 1.11 bits per heavy atom. The highest BCUT2D eigenvalue weighted by atomic mass is 32.2. The molecule has 2 aromatic carbocycles. The number of benzene rings is 2. The number of aryl methyl sites for hydroxylation is 1. The molecule has 1 amide bonds. The lowest BCUT2D eigenvalue weighted by Crippen LogP contribution is -2.13. The fourth-order valence-electron chi connectivity index (χ4n) is 2.90. The van der Waals surface area contributed by atoms with Gasteiger partial charge in [0.25, 0.3) is 5.91 Å². The average molecular weight is 529 g/mol. The topological polar surface area (TPSA) is 140 Å². The molecular weight excluding hydrogens is 504 g/mol. The molecule has 1 heterocycles. The number of carbonyl (C=O) groups excluding carboxylic acids is 1. The highest BCUT2D eigenvalue weighted by Crippen LogP contribution is 2.29. The number of nitrogens with zero attached hydrogens (tertiary/aromatic N) is 3. The molecule has 10 nitrogen and oxygen atoms in total. The largest absolute Gasteiger partial charge is 0.493 e. The molecule has 0 aliphatic carbocycles. The number of para-hydroxylation sites is 1. The zero-order valence-electron chi connectivity index (χ0n) is 19.8. The van der Waals surface area contributed by atoms with Gasteiger partial charge in [-0.25, -0.2) is 8.42 Å². The maximum atomic E-state index is 12.5. The van der Waals surface area contributed by atoms with Crippen molar-refractivity contribution in [3.05, 3.63) is 59.2 Å². The Kier molecular flexibility index (Phi) is 8.99. The third kappa shape index (κ3) is 6.80. The molecule has 1 aromatic heterocycles. The smallest absolute Gasteiger partial charge is 0.268 e. The number of nitrogens with one attached hydrogen (secondary N) is 1. The number of hydrogen-bond donors (Lipinski definition) is 1. The van der Waals surface area contributed by atoms with Crippen LogP contribution >= 0.6 is 11.3 Å². The first-order valence-corrected chi connectivity index (χ1v) is 13.2. The van der Waals surface area contributed by atoms with E-state index in [1.165, 1.54) is 20.1 Å². The molecule has 0 spiro atoms. The third-order valence-electron chi connectivity index (χ3n) is 4.83. The van der Waals surface area contributed by atoms with Crippen LogP contribution in [-0.4, -0.2) is 50.6 Å². The van der Waals surface area contributed by atoms with Crippen LogP contribution in [0.3, 0.4) is 0 Å². The predicted molar refractivity (Wildman–Crippen MR) is 135 cm³/mol. The number of nitriles is 1. The van der Waals surface area contributed by atoms with E-state index in [-0.39, 0.29) is 27.4 Å². The van der Waals surface area contributed by atoms with Crippen molar-refractivity contribution in [1.29, 1.82) is 5.26 Å². The SMILES string of the molecule is CCS(=O)(=O)c1nnc(NC(=O)C(C#N)=Cc2ccc(OCCOc3ccccc3C)c(OC)c2)s1. The zero-order valence-corrected chi connectivity index (χ0v) is 21.5. The second-order valence-corrected chi connectivity index (χ2v) is 10.7. The minimum atomic E-state index is -3.54. The van der Waals surface area contributed by atoms with Gasteiger partial charge in [-0.2, -0.15) is 5.26 Å². The summed E-state index contributed by atoms with van der Waals surface area (Å²) >= 11 is 0.718. The highest BCUT2D eigenvalue weighted by molar-refractivity contribution is 7.93. The second kappa shape index (κ2) is 12.1. The van der Waals surface area contributed by atoms with Gasteiger partial charge in [0.05, 0.1) is 12.9 Å². The van der Waals surface area contributed by atoms with E-state index in [4.69, 9.17) is 14.2 Å². The Labute approximate surface area is 213 Å². The van der Waals surface area contributed by atoms with E-state index >= 15 is 0 Å². The van der Waals surface area contributed by atoms with E-state index in [2.05, 4.69) is 15.5 Å². The standard InChI is InChI=1S/C24H24N4O6S2/c1-4-36(30,31)24-28-27-23(35-24)26-22(29)18(15-25)13-17-9-10-20(21(14-17)32-3)34-12-11-33-19-8-6-5-7-16(19)2/h5-10,13-14H,4,11-12H2,1-3H3,(H,26,27,29). The van der Waals surface area contributed by atoms with E-state index in [0.717, 1.165) is 22.6 Å². The number of amides is 1. The van der Waals surface area contributed by atoms with Gasteiger partial charge < -0.3 is 14.2 Å². The van der Waals surface area contributed by atoms with E-state index in [0.29, 0.717) is 23.7 Å². The highest BCUT2D eigenvalue weighted by Gasteiger charge is 2.20. The minimum absolute atomic E-state index is 0.0255. The van der Waals surface area contributed by atoms with E-state index in [9.17, 15) is 18.5 Å². The van der Waals surface area contributed by atoms with Gasteiger partial charge in [-0.15, -0.1) is 10.2 Å². The molecule has 0 bridgehead atoms. The van der Waals surface area contributed by atoms with Crippen LogP contribution in [0.4, 0.5) is 5.13 Å². The molecule has 0 fully saturated rings. The summed E-state index contributed by atoms with van der Waals surface area (Å²) in [7, 11) is -2.06. The van der Waals surface area contributed by atoms with Crippen molar-refractivity contribution in [2.75, 3.05) is 31.4 Å². The van der Waals surface area contributed by atoms with E-state index in [1.807, 2.05) is 37.3 Å². The van der Waals surface area contributed by atoms with Crippen molar-refractivity contribution < 1.29 is 27.4 Å². The number of methoxy groups -OCH3 is 1. The Morgan fingerprint density at radius 2 is 1.83 bits per heavy atom. The first-order valence-electron chi connectivity index (χ1n) is 10.8. The van der Waals surface area contributed by atoms with E-state index < -0.39 is 15.7 Å². The molecule has 3 rings (SSSR count). The fourth-order valence-corrected chi connectivity index (χ4v) is 4.89. The van der Waals surface area contributed by atoms with Gasteiger partial charge in [-0.3, -0.25) is 10.1 Å². The molecular formula is C24H24N4O6S2. The van der Waals surface area contributed by atoms with Gasteiger partial charge in [0.1, 0.15) is 30.6 Å². The summed E-state index contributed by atoms with van der Waals surface area (Å²) in [5.41, 5.74) is 1.34. The van der Waals surface area contributed by atoms with Gasteiger partial charge in [-0.05, 0) is 42.3 Å². The molecule has 0 atom stereocenters. The first-order chi connectivity index (χ1) is 17.3. The van der Waals surface area contributed by atoms with Crippen molar-refractivity contribution >= 4 is 38.3 Å². The van der Waals surface area contributed by atoms with Crippen LogP contribution in [0.2, 0.25) is 0 Å². The van der Waals surface area contributed by atoms with Gasteiger partial charge in [0, 0.05) is 0 Å². The van der Waals surface area contributed by atoms with Crippen molar-refractivity contribution in [1.82, 2.24) is 10.2 Å². The maximum absolute atomic E-state index is 12.5. The molecule has 0 unspecified atom stereocenters. The summed E-state index contributed by atoms with van der Waals surface area (Å²) in [6.45, 7) is 4.06. The molecule has 12 heteroatoms. The molecule has 0 aliphatic rings. The Hall–Kier alpha value is -3.95. The van der Waals surface area contributed by atoms with Crippen LogP contribution < -0.4 is 19.5 Å². The summed E-state index contributed by atoms with van der Waals surface area (Å²) in [4.78, 5) is 12.5. The quantitative estimate of drug-likeness (QED) is 0.171. The molecule has 3 aromatic rings. The summed E-state index contributed by atoms with van der Waals surface area (Å²) in [5.74, 6) is 0.787. The van der Waals surface area contributed by atoms with Crippen LogP contribution in [-0.2, 0) is 14.6 Å². The maximum Gasteiger partial charge on any atom is 0.268 e. The second-order valence-electron chi connectivity index (χ2n) is 7.27. The number of carbonyl (C=O) groups is 1. The predicted octanol–water partition coefficient (Wildman–Crippen LogP) is 3.65. The van der Waals surface area contributed by atoms with E-state index in [1.54, 1.807) is 18.2 Å². The molecule has 0 aliphatic heterocycles. The van der Waals surface area contributed by atoms with Crippen molar-refractivity contribution in [3.8, 4) is 23.3 Å². The molecule has 188 valence electrons. The summed E-state index contributed by atoms with van der Waals surface area (Å²) in [6, 6.07) is 14.5. The monoisotopic (exact) mass is 528 g/mol. The van der Waals surface area contributed by atoms with Crippen LogP contribution in [0, 0.1) is 18.3 Å². The van der Waals surface area contributed by atoms with Crippen LogP contribution in [0.25, 0.3) is 6.08 Å². The van der Waals surface area contributed by atoms with Gasteiger partial charge >= 0.3 is 0 Å². The summed E-state index contributed by atoms with van der Waals surface area (Å²) in [5, 5.41) is 19.1. The molecule has 1 N–H and O–H groups in total. The number of anilines is 1. The molecule has 0 radical (unpaired) electrons. The van der Waals surface area contributed by atoms with Crippen LogP contribution in [0.15, 0.2) is 52.4 Å². The Balaban J connectivity index is 1.65. The number of ether oxygens (including phenoxy) is 3. The molecule has 36 heavy (non-hydrogen) atoms. The minimum Gasteiger partial charge on any atom is -0.493 e. The number of hydrogen-bond acceptors (Lipinski definition) is 10. The number of rotatable bonds is 11. The first kappa shape index (κ1) is 26.7. The lowest BCUT2D eigenvalue weighted by atomic mass is 10.1. The van der Waals surface area contributed by atoms with Crippen molar-refractivity contribution in [3.63, 3.8) is 0 Å². The summed E-state index contributed by atoms with van der Waals surface area (Å²) < 4.78 is 40.4. The van der Waals surface area contributed by atoms with Crippen molar-refractivity contribution in [2.45, 2.75) is 18.2 Å². The lowest BCUT2D eigenvalue weighted by Gasteiger charge is -2.13. The van der Waals surface area contributed by atoms with Gasteiger partial charge in [0.15, 0.2) is 11.5 Å². The molecule has 0 saturated carbocycles.